The lowest BCUT2D eigenvalue weighted by Crippen LogP contribution is -1.88. The highest BCUT2D eigenvalue weighted by Crippen LogP contribution is 2.35. The zero-order valence-electron chi connectivity index (χ0n) is 10.1. The zero-order chi connectivity index (χ0) is 13.4. The van der Waals surface area contributed by atoms with Crippen molar-refractivity contribution in [2.75, 3.05) is 5.73 Å². The number of nitrogens with one attached hydrogen (secondary N) is 1. The molecule has 3 rings (SSSR count). The van der Waals surface area contributed by atoms with Crippen LogP contribution in [0.3, 0.4) is 0 Å². The molecule has 0 aliphatic carbocycles. The number of H-pyrrole nitrogens is 1. The maximum Gasteiger partial charge on any atom is 0.153 e. The van der Waals surface area contributed by atoms with Gasteiger partial charge in [-0.25, -0.2) is 4.98 Å². The van der Waals surface area contributed by atoms with Gasteiger partial charge in [-0.3, -0.25) is 5.10 Å². The molecule has 6 heteroatoms. The van der Waals surface area contributed by atoms with Crippen molar-refractivity contribution in [3.63, 3.8) is 0 Å². The van der Waals surface area contributed by atoms with Gasteiger partial charge in [-0.1, -0.05) is 23.7 Å². The number of aromatic amines is 1. The highest BCUT2D eigenvalue weighted by Gasteiger charge is 2.16. The van der Waals surface area contributed by atoms with Crippen molar-refractivity contribution in [2.45, 2.75) is 6.92 Å². The van der Waals surface area contributed by atoms with E-state index in [2.05, 4.69) is 15.2 Å². The molecular formula is C13H11ClN4S. The number of aryl methyl sites for hydroxylation is 1. The number of aromatic nitrogens is 3. The van der Waals surface area contributed by atoms with Crippen LogP contribution in [0.1, 0.15) is 5.01 Å². The summed E-state index contributed by atoms with van der Waals surface area (Å²) in [5.74, 6) is 0.461. The van der Waals surface area contributed by atoms with Gasteiger partial charge in [0.05, 0.1) is 22.0 Å². The molecule has 3 N–H and O–H groups in total. The lowest BCUT2D eigenvalue weighted by Gasteiger charge is -2.02. The van der Waals surface area contributed by atoms with Crippen molar-refractivity contribution in [3.05, 3.63) is 39.7 Å². The number of halogens is 1. The summed E-state index contributed by atoms with van der Waals surface area (Å²) in [6, 6.07) is 7.51. The Morgan fingerprint density at radius 3 is 2.63 bits per heavy atom. The van der Waals surface area contributed by atoms with Gasteiger partial charge in [-0.05, 0) is 24.6 Å². The van der Waals surface area contributed by atoms with Gasteiger partial charge in [-0.2, -0.15) is 5.10 Å². The predicted octanol–water partition coefficient (Wildman–Crippen LogP) is 3.74. The molecule has 0 spiro atoms. The van der Waals surface area contributed by atoms with Crippen LogP contribution in [0.15, 0.2) is 29.6 Å². The van der Waals surface area contributed by atoms with Gasteiger partial charge in [0.1, 0.15) is 0 Å². The summed E-state index contributed by atoms with van der Waals surface area (Å²) in [7, 11) is 0. The van der Waals surface area contributed by atoms with Crippen molar-refractivity contribution >= 4 is 28.8 Å². The van der Waals surface area contributed by atoms with Gasteiger partial charge in [0, 0.05) is 10.4 Å². The van der Waals surface area contributed by atoms with E-state index in [9.17, 15) is 0 Å². The van der Waals surface area contributed by atoms with Crippen LogP contribution in [0, 0.1) is 6.92 Å². The second-order valence-electron chi connectivity index (χ2n) is 4.12. The molecular weight excluding hydrogens is 280 g/mol. The quantitative estimate of drug-likeness (QED) is 0.755. The number of thiazole rings is 1. The number of anilines is 1. The first-order valence-electron chi connectivity index (χ1n) is 5.67. The maximum absolute atomic E-state index is 5.96. The van der Waals surface area contributed by atoms with Crippen LogP contribution in [-0.2, 0) is 0 Å². The third kappa shape index (κ3) is 2.22. The average Bonchev–Trinajstić information content (AvgIpc) is 2.97. The summed E-state index contributed by atoms with van der Waals surface area (Å²) in [6.07, 6.45) is 0. The maximum atomic E-state index is 5.96. The van der Waals surface area contributed by atoms with E-state index in [1.807, 2.05) is 36.6 Å². The molecule has 0 aliphatic heterocycles. The normalized spacial score (nSPS) is 10.8. The largest absolute Gasteiger partial charge is 0.382 e. The predicted molar refractivity (Wildman–Crippen MR) is 79.3 cm³/mol. The molecule has 0 bridgehead atoms. The van der Waals surface area contributed by atoms with Crippen LogP contribution in [0.2, 0.25) is 5.02 Å². The van der Waals surface area contributed by atoms with Gasteiger partial charge in [0.2, 0.25) is 0 Å². The standard InChI is InChI=1S/C13H11ClN4S/c1-7-16-10(6-19-7)12-11(13(15)18-17-12)8-2-4-9(14)5-3-8/h2-6H,1H3,(H3,15,17,18). The molecule has 4 nitrogen and oxygen atoms in total. The van der Waals surface area contributed by atoms with Gasteiger partial charge in [0.15, 0.2) is 5.82 Å². The number of hydrogen-bond donors (Lipinski definition) is 2. The van der Waals surface area contributed by atoms with Crippen molar-refractivity contribution in [1.82, 2.24) is 15.2 Å². The van der Waals surface area contributed by atoms with Crippen LogP contribution < -0.4 is 5.73 Å². The van der Waals surface area contributed by atoms with E-state index in [0.717, 1.165) is 27.5 Å². The number of nitrogen functional groups attached to an aromatic ring is 1. The van der Waals surface area contributed by atoms with Crippen molar-refractivity contribution < 1.29 is 0 Å². The van der Waals surface area contributed by atoms with Crippen molar-refractivity contribution in [2.24, 2.45) is 0 Å². The molecule has 3 aromatic rings. The fourth-order valence-corrected chi connectivity index (χ4v) is 2.66. The van der Waals surface area contributed by atoms with E-state index in [-0.39, 0.29) is 0 Å². The number of nitrogens with zero attached hydrogens (tertiary/aromatic N) is 2. The molecule has 0 saturated heterocycles. The first-order valence-corrected chi connectivity index (χ1v) is 6.93. The van der Waals surface area contributed by atoms with Gasteiger partial charge >= 0.3 is 0 Å². The lowest BCUT2D eigenvalue weighted by molar-refractivity contribution is 1.09. The van der Waals surface area contributed by atoms with Gasteiger partial charge in [-0.15, -0.1) is 11.3 Å². The number of hydrogen-bond acceptors (Lipinski definition) is 4. The first-order chi connectivity index (χ1) is 9.15. The first kappa shape index (κ1) is 12.2. The van der Waals surface area contributed by atoms with E-state index in [4.69, 9.17) is 17.3 Å². The highest BCUT2D eigenvalue weighted by molar-refractivity contribution is 7.09. The molecule has 0 atom stereocenters. The Hall–Kier alpha value is -1.85. The Morgan fingerprint density at radius 2 is 2.00 bits per heavy atom. The fraction of sp³-hybridized carbons (Fsp3) is 0.0769. The fourth-order valence-electron chi connectivity index (χ4n) is 1.93. The lowest BCUT2D eigenvalue weighted by atomic mass is 10.0. The number of nitrogens with two attached hydrogens (primary N) is 1. The van der Waals surface area contributed by atoms with E-state index in [0.29, 0.717) is 10.8 Å². The van der Waals surface area contributed by atoms with Crippen LogP contribution in [0.5, 0.6) is 0 Å². The highest BCUT2D eigenvalue weighted by atomic mass is 35.5. The van der Waals surface area contributed by atoms with Gasteiger partial charge < -0.3 is 5.73 Å². The Balaban J connectivity index is 2.16. The van der Waals surface area contributed by atoms with E-state index < -0.39 is 0 Å². The summed E-state index contributed by atoms with van der Waals surface area (Å²) in [5.41, 5.74) is 9.48. The molecule has 0 unspecified atom stereocenters. The van der Waals surface area contributed by atoms with E-state index in [1.165, 1.54) is 0 Å². The number of benzene rings is 1. The molecule has 0 radical (unpaired) electrons. The summed E-state index contributed by atoms with van der Waals surface area (Å²) in [6.45, 7) is 1.97. The van der Waals surface area contributed by atoms with Crippen LogP contribution in [0.25, 0.3) is 22.5 Å². The van der Waals surface area contributed by atoms with Gasteiger partial charge in [0.25, 0.3) is 0 Å². The molecule has 0 amide bonds. The Kier molecular flexibility index (Phi) is 3.00. The topological polar surface area (TPSA) is 67.6 Å². The minimum absolute atomic E-state index is 0.461. The molecule has 1 aromatic carbocycles. The number of rotatable bonds is 2. The minimum Gasteiger partial charge on any atom is -0.382 e. The van der Waals surface area contributed by atoms with Crippen LogP contribution in [-0.4, -0.2) is 15.2 Å². The molecule has 96 valence electrons. The molecule has 0 saturated carbocycles. The third-order valence-corrected chi connectivity index (χ3v) is 3.83. The molecule has 2 aromatic heterocycles. The Labute approximate surface area is 119 Å². The second kappa shape index (κ2) is 4.68. The molecule has 0 aliphatic rings. The van der Waals surface area contributed by atoms with Crippen molar-refractivity contribution in [1.29, 1.82) is 0 Å². The van der Waals surface area contributed by atoms with Crippen LogP contribution in [0.4, 0.5) is 5.82 Å². The van der Waals surface area contributed by atoms with E-state index >= 15 is 0 Å². The Bertz CT molecular complexity index is 715. The van der Waals surface area contributed by atoms with E-state index in [1.54, 1.807) is 11.3 Å². The third-order valence-electron chi connectivity index (χ3n) is 2.80. The minimum atomic E-state index is 0.461. The summed E-state index contributed by atoms with van der Waals surface area (Å²) >= 11 is 7.50. The Morgan fingerprint density at radius 1 is 1.26 bits per heavy atom. The summed E-state index contributed by atoms with van der Waals surface area (Å²) < 4.78 is 0. The molecule has 2 heterocycles. The zero-order valence-corrected chi connectivity index (χ0v) is 11.7. The smallest absolute Gasteiger partial charge is 0.153 e. The molecule has 19 heavy (non-hydrogen) atoms. The SMILES string of the molecule is Cc1nc(-c2[nH]nc(N)c2-c2ccc(Cl)cc2)cs1. The summed E-state index contributed by atoms with van der Waals surface area (Å²) in [4.78, 5) is 4.46. The average molecular weight is 291 g/mol. The van der Waals surface area contributed by atoms with Crippen LogP contribution >= 0.6 is 22.9 Å². The monoisotopic (exact) mass is 290 g/mol. The molecule has 0 fully saturated rings. The van der Waals surface area contributed by atoms with Crippen molar-refractivity contribution in [3.8, 4) is 22.5 Å². The second-order valence-corrected chi connectivity index (χ2v) is 5.62. The summed E-state index contributed by atoms with van der Waals surface area (Å²) in [5, 5.41) is 10.7.